The SMILES string of the molecule is COC(=O)c1scc(C)c1NC(=O)C(C)C(C)N. The Hall–Kier alpha value is -1.40. The van der Waals surface area contributed by atoms with E-state index in [1.54, 1.807) is 19.2 Å². The van der Waals surface area contributed by atoms with E-state index in [0.717, 1.165) is 5.56 Å². The molecule has 0 aliphatic rings. The first-order chi connectivity index (χ1) is 8.38. The van der Waals surface area contributed by atoms with Crippen molar-refractivity contribution in [3.8, 4) is 0 Å². The molecule has 1 rings (SSSR count). The van der Waals surface area contributed by atoms with Crippen LogP contribution in [0.15, 0.2) is 5.38 Å². The van der Waals surface area contributed by atoms with Gasteiger partial charge < -0.3 is 15.8 Å². The molecule has 0 radical (unpaired) electrons. The van der Waals surface area contributed by atoms with E-state index in [2.05, 4.69) is 10.1 Å². The molecule has 0 bridgehead atoms. The Morgan fingerprint density at radius 3 is 2.56 bits per heavy atom. The Morgan fingerprint density at radius 1 is 1.44 bits per heavy atom. The Balaban J connectivity index is 2.94. The molecule has 18 heavy (non-hydrogen) atoms. The van der Waals surface area contributed by atoms with Crippen molar-refractivity contribution in [3.05, 3.63) is 15.8 Å². The average molecular weight is 270 g/mol. The van der Waals surface area contributed by atoms with Gasteiger partial charge in [-0.15, -0.1) is 11.3 Å². The van der Waals surface area contributed by atoms with Crippen molar-refractivity contribution in [2.45, 2.75) is 26.8 Å². The van der Waals surface area contributed by atoms with Crippen molar-refractivity contribution < 1.29 is 14.3 Å². The first-order valence-electron chi connectivity index (χ1n) is 5.61. The average Bonchev–Trinajstić information content (AvgIpc) is 2.69. The summed E-state index contributed by atoms with van der Waals surface area (Å²) in [7, 11) is 1.31. The largest absolute Gasteiger partial charge is 0.465 e. The Labute approximate surface area is 110 Å². The molecule has 2 unspecified atom stereocenters. The predicted octanol–water partition coefficient (Wildman–Crippen LogP) is 1.76. The summed E-state index contributed by atoms with van der Waals surface area (Å²) in [6.45, 7) is 5.35. The highest BCUT2D eigenvalue weighted by Crippen LogP contribution is 2.28. The minimum absolute atomic E-state index is 0.198. The van der Waals surface area contributed by atoms with Crippen molar-refractivity contribution in [2.24, 2.45) is 11.7 Å². The van der Waals surface area contributed by atoms with Crippen molar-refractivity contribution in [2.75, 3.05) is 12.4 Å². The van der Waals surface area contributed by atoms with E-state index in [-0.39, 0.29) is 17.9 Å². The number of aryl methyl sites for hydroxylation is 1. The Kier molecular flexibility index (Phi) is 4.86. The molecule has 6 heteroatoms. The van der Waals surface area contributed by atoms with Gasteiger partial charge in [-0.25, -0.2) is 4.79 Å². The third kappa shape index (κ3) is 3.08. The topological polar surface area (TPSA) is 81.4 Å². The van der Waals surface area contributed by atoms with E-state index in [4.69, 9.17) is 5.73 Å². The second-order valence-electron chi connectivity index (χ2n) is 4.25. The number of esters is 1. The number of hydrogen-bond donors (Lipinski definition) is 2. The molecule has 100 valence electrons. The van der Waals surface area contributed by atoms with Crippen LogP contribution in [0.25, 0.3) is 0 Å². The molecule has 0 fully saturated rings. The zero-order chi connectivity index (χ0) is 13.9. The fraction of sp³-hybridized carbons (Fsp3) is 0.500. The molecule has 0 spiro atoms. The van der Waals surface area contributed by atoms with Crippen molar-refractivity contribution in [1.29, 1.82) is 0 Å². The molecule has 0 aliphatic heterocycles. The number of carbonyl (C=O) groups is 2. The summed E-state index contributed by atoms with van der Waals surface area (Å²) >= 11 is 1.25. The van der Waals surface area contributed by atoms with Crippen LogP contribution in [0.3, 0.4) is 0 Å². The van der Waals surface area contributed by atoms with Crippen LogP contribution in [-0.4, -0.2) is 25.0 Å². The van der Waals surface area contributed by atoms with E-state index in [0.29, 0.717) is 10.6 Å². The smallest absolute Gasteiger partial charge is 0.350 e. The number of methoxy groups -OCH3 is 1. The number of nitrogens with one attached hydrogen (secondary N) is 1. The summed E-state index contributed by atoms with van der Waals surface area (Å²) in [5.74, 6) is -0.969. The van der Waals surface area contributed by atoms with E-state index in [9.17, 15) is 9.59 Å². The monoisotopic (exact) mass is 270 g/mol. The lowest BCUT2D eigenvalue weighted by Crippen LogP contribution is -2.34. The number of hydrogen-bond acceptors (Lipinski definition) is 5. The van der Waals surface area contributed by atoms with Gasteiger partial charge in [0, 0.05) is 6.04 Å². The van der Waals surface area contributed by atoms with Crippen LogP contribution in [0.4, 0.5) is 5.69 Å². The van der Waals surface area contributed by atoms with E-state index in [1.165, 1.54) is 18.4 Å². The third-order valence-corrected chi connectivity index (χ3v) is 3.87. The quantitative estimate of drug-likeness (QED) is 0.817. The first-order valence-corrected chi connectivity index (χ1v) is 6.49. The van der Waals surface area contributed by atoms with Gasteiger partial charge in [-0.3, -0.25) is 4.79 Å². The molecule has 0 saturated heterocycles. The molecule has 0 aliphatic carbocycles. The molecule has 1 aromatic rings. The van der Waals surface area contributed by atoms with E-state index >= 15 is 0 Å². The number of anilines is 1. The van der Waals surface area contributed by atoms with Crippen LogP contribution in [0.2, 0.25) is 0 Å². The van der Waals surface area contributed by atoms with Gasteiger partial charge in [0.1, 0.15) is 4.88 Å². The molecule has 0 aromatic carbocycles. The van der Waals surface area contributed by atoms with Crippen LogP contribution in [0.5, 0.6) is 0 Å². The number of nitrogens with two attached hydrogens (primary N) is 1. The van der Waals surface area contributed by atoms with Crippen LogP contribution in [0, 0.1) is 12.8 Å². The van der Waals surface area contributed by atoms with Crippen molar-refractivity contribution in [1.82, 2.24) is 0 Å². The molecule has 0 saturated carbocycles. The molecular weight excluding hydrogens is 252 g/mol. The van der Waals surface area contributed by atoms with E-state index in [1.807, 2.05) is 6.92 Å². The lowest BCUT2D eigenvalue weighted by Gasteiger charge is -2.15. The van der Waals surface area contributed by atoms with Gasteiger partial charge in [0.25, 0.3) is 0 Å². The Morgan fingerprint density at radius 2 is 2.06 bits per heavy atom. The summed E-state index contributed by atoms with van der Waals surface area (Å²) in [4.78, 5) is 23.9. The number of amides is 1. The van der Waals surface area contributed by atoms with Crippen molar-refractivity contribution in [3.63, 3.8) is 0 Å². The lowest BCUT2D eigenvalue weighted by molar-refractivity contribution is -0.119. The molecule has 1 amide bonds. The lowest BCUT2D eigenvalue weighted by atomic mass is 10.0. The number of carbonyl (C=O) groups excluding carboxylic acids is 2. The summed E-state index contributed by atoms with van der Waals surface area (Å²) < 4.78 is 4.68. The molecule has 5 nitrogen and oxygen atoms in total. The van der Waals surface area contributed by atoms with Crippen LogP contribution in [-0.2, 0) is 9.53 Å². The van der Waals surface area contributed by atoms with Gasteiger partial charge in [-0.2, -0.15) is 0 Å². The molecule has 2 atom stereocenters. The van der Waals surface area contributed by atoms with Crippen LogP contribution < -0.4 is 11.1 Å². The van der Waals surface area contributed by atoms with Gasteiger partial charge in [-0.05, 0) is 24.8 Å². The fourth-order valence-corrected chi connectivity index (χ4v) is 2.24. The highest BCUT2D eigenvalue weighted by atomic mass is 32.1. The molecule has 1 heterocycles. The Bertz CT molecular complexity index is 454. The highest BCUT2D eigenvalue weighted by molar-refractivity contribution is 7.12. The zero-order valence-electron chi connectivity index (χ0n) is 10.9. The molecule has 3 N–H and O–H groups in total. The molecule has 1 aromatic heterocycles. The van der Waals surface area contributed by atoms with Crippen LogP contribution >= 0.6 is 11.3 Å². The van der Waals surface area contributed by atoms with Crippen LogP contribution in [0.1, 0.15) is 29.1 Å². The summed E-state index contributed by atoms with van der Waals surface area (Å²) in [5.41, 5.74) is 7.03. The maximum absolute atomic E-state index is 11.9. The summed E-state index contributed by atoms with van der Waals surface area (Å²) in [6.07, 6.45) is 0. The fourth-order valence-electron chi connectivity index (χ4n) is 1.32. The van der Waals surface area contributed by atoms with Gasteiger partial charge in [0.05, 0.1) is 18.7 Å². The number of rotatable bonds is 4. The maximum atomic E-state index is 11.9. The maximum Gasteiger partial charge on any atom is 0.350 e. The minimum Gasteiger partial charge on any atom is -0.465 e. The first kappa shape index (κ1) is 14.7. The van der Waals surface area contributed by atoms with Gasteiger partial charge in [-0.1, -0.05) is 6.92 Å². The molecular formula is C12H18N2O3S. The number of ether oxygens (including phenoxy) is 1. The van der Waals surface area contributed by atoms with E-state index < -0.39 is 5.97 Å². The predicted molar refractivity (Wildman–Crippen MR) is 71.8 cm³/mol. The van der Waals surface area contributed by atoms with Gasteiger partial charge in [0.15, 0.2) is 0 Å². The summed E-state index contributed by atoms with van der Waals surface area (Å²) in [6, 6.07) is -0.245. The standard InChI is InChI=1S/C12H18N2O3S/c1-6-5-18-10(12(16)17-4)9(6)14-11(15)7(2)8(3)13/h5,7-8H,13H2,1-4H3,(H,14,15). The summed E-state index contributed by atoms with van der Waals surface area (Å²) in [5, 5.41) is 4.55. The second kappa shape index (κ2) is 5.97. The van der Waals surface area contributed by atoms with Gasteiger partial charge >= 0.3 is 5.97 Å². The highest BCUT2D eigenvalue weighted by Gasteiger charge is 2.22. The number of thiophene rings is 1. The second-order valence-corrected chi connectivity index (χ2v) is 5.13. The third-order valence-electron chi connectivity index (χ3n) is 2.80. The van der Waals surface area contributed by atoms with Crippen molar-refractivity contribution >= 4 is 28.9 Å². The van der Waals surface area contributed by atoms with Gasteiger partial charge in [0.2, 0.25) is 5.91 Å². The minimum atomic E-state index is -0.447. The normalized spacial score (nSPS) is 13.8. The zero-order valence-corrected chi connectivity index (χ0v) is 11.8.